The van der Waals surface area contributed by atoms with Crippen molar-refractivity contribution in [1.29, 1.82) is 0 Å². The first-order valence-electron chi connectivity index (χ1n) is 10.2. The predicted molar refractivity (Wildman–Crippen MR) is 106 cm³/mol. The van der Waals surface area contributed by atoms with E-state index in [9.17, 15) is 22.8 Å². The molecular weight excluding hydrogens is 399 g/mol. The van der Waals surface area contributed by atoms with Gasteiger partial charge in [0, 0.05) is 19.5 Å². The van der Waals surface area contributed by atoms with E-state index in [1.807, 2.05) is 25.7 Å². The van der Waals surface area contributed by atoms with E-state index in [4.69, 9.17) is 9.47 Å². The summed E-state index contributed by atoms with van der Waals surface area (Å²) in [6.07, 6.45) is -2.78. The molecule has 8 heteroatoms. The predicted octanol–water partition coefficient (Wildman–Crippen LogP) is 4.83. The number of nitrogens with zero attached hydrogens (tertiary/aromatic N) is 1. The van der Waals surface area contributed by atoms with Gasteiger partial charge in [-0.2, -0.15) is 13.2 Å². The van der Waals surface area contributed by atoms with Gasteiger partial charge in [0.2, 0.25) is 0 Å². The van der Waals surface area contributed by atoms with Crippen molar-refractivity contribution in [1.82, 2.24) is 4.90 Å². The average Bonchev–Trinajstić information content (AvgIpc) is 3.05. The van der Waals surface area contributed by atoms with Crippen LogP contribution in [0.15, 0.2) is 18.2 Å². The molecule has 1 atom stereocenters. The summed E-state index contributed by atoms with van der Waals surface area (Å²) in [6, 6.07) is 3.59. The molecule has 0 saturated carbocycles. The van der Waals surface area contributed by atoms with Gasteiger partial charge < -0.3 is 9.47 Å². The van der Waals surface area contributed by atoms with Crippen molar-refractivity contribution in [3.8, 4) is 0 Å². The van der Waals surface area contributed by atoms with Crippen molar-refractivity contribution in [3.05, 3.63) is 34.9 Å². The van der Waals surface area contributed by atoms with Crippen LogP contribution in [0.3, 0.4) is 0 Å². The zero-order valence-corrected chi connectivity index (χ0v) is 18.0. The molecule has 1 aliphatic heterocycles. The van der Waals surface area contributed by atoms with Gasteiger partial charge in [0.25, 0.3) is 0 Å². The number of hydrogen-bond acceptors (Lipinski definition) is 5. The van der Waals surface area contributed by atoms with Gasteiger partial charge >= 0.3 is 18.1 Å². The number of halogens is 3. The lowest BCUT2D eigenvalue weighted by Gasteiger charge is -2.21. The summed E-state index contributed by atoms with van der Waals surface area (Å²) < 4.78 is 50.8. The molecule has 0 radical (unpaired) electrons. The van der Waals surface area contributed by atoms with Crippen LogP contribution in [0.2, 0.25) is 0 Å². The molecule has 168 valence electrons. The first-order valence-corrected chi connectivity index (χ1v) is 10.2. The van der Waals surface area contributed by atoms with Crippen LogP contribution in [0.1, 0.15) is 68.4 Å². The van der Waals surface area contributed by atoms with Gasteiger partial charge in [0.1, 0.15) is 5.60 Å². The Kier molecular flexibility index (Phi) is 7.91. The van der Waals surface area contributed by atoms with Gasteiger partial charge in [0.05, 0.1) is 17.7 Å². The maximum Gasteiger partial charge on any atom is 0.416 e. The van der Waals surface area contributed by atoms with Crippen molar-refractivity contribution < 1.29 is 32.2 Å². The molecule has 1 saturated heterocycles. The number of carbonyl (C=O) groups excluding carboxylic acids is 2. The van der Waals surface area contributed by atoms with Gasteiger partial charge in [-0.05, 0) is 70.7 Å². The molecule has 0 aliphatic carbocycles. The van der Waals surface area contributed by atoms with Gasteiger partial charge in [0.15, 0.2) is 0 Å². The molecule has 1 fully saturated rings. The second-order valence-corrected chi connectivity index (χ2v) is 8.61. The van der Waals surface area contributed by atoms with Crippen molar-refractivity contribution >= 4 is 11.9 Å². The standard InChI is InChI=1S/C22H30F3NO4/c1-5-29-20(28)16-7-8-17(18(12-16)22(23,24)25)14-26-11-10-15(13-26)6-9-19(27)30-21(2,3)4/h7-8,12,15H,5-6,9-11,13-14H2,1-4H3/t15-/m0/s1. The van der Waals surface area contributed by atoms with E-state index in [1.54, 1.807) is 6.92 Å². The molecule has 0 N–H and O–H groups in total. The zero-order chi connectivity index (χ0) is 22.5. The molecule has 0 unspecified atom stereocenters. The van der Waals surface area contributed by atoms with Crippen molar-refractivity contribution in [2.24, 2.45) is 5.92 Å². The SMILES string of the molecule is CCOC(=O)c1ccc(CN2CC[C@H](CCC(=O)OC(C)(C)C)C2)c(C(F)(F)F)c1. The topological polar surface area (TPSA) is 55.8 Å². The number of esters is 2. The molecule has 30 heavy (non-hydrogen) atoms. The van der Waals surface area contributed by atoms with Gasteiger partial charge in [-0.25, -0.2) is 4.79 Å². The van der Waals surface area contributed by atoms with E-state index in [1.165, 1.54) is 12.1 Å². The number of alkyl halides is 3. The number of benzene rings is 1. The number of hydrogen-bond donors (Lipinski definition) is 0. The van der Waals surface area contributed by atoms with Gasteiger partial charge in [-0.15, -0.1) is 0 Å². The normalized spacial score (nSPS) is 17.8. The van der Waals surface area contributed by atoms with Crippen LogP contribution in [0.4, 0.5) is 13.2 Å². The van der Waals surface area contributed by atoms with Crippen molar-refractivity contribution in [2.75, 3.05) is 19.7 Å². The monoisotopic (exact) mass is 429 g/mol. The van der Waals surface area contributed by atoms with E-state index < -0.39 is 23.3 Å². The Bertz CT molecular complexity index is 756. The van der Waals surface area contributed by atoms with Crippen LogP contribution in [0, 0.1) is 5.92 Å². The van der Waals surface area contributed by atoms with Gasteiger partial charge in [-0.3, -0.25) is 9.69 Å². The third-order valence-corrected chi connectivity index (χ3v) is 4.87. The fraction of sp³-hybridized carbons (Fsp3) is 0.636. The minimum Gasteiger partial charge on any atom is -0.462 e. The second kappa shape index (κ2) is 9.81. The van der Waals surface area contributed by atoms with Crippen LogP contribution in [-0.4, -0.2) is 42.1 Å². The quantitative estimate of drug-likeness (QED) is 0.582. The lowest BCUT2D eigenvalue weighted by molar-refractivity contribution is -0.155. The maximum absolute atomic E-state index is 13.6. The first kappa shape index (κ1) is 24.2. The summed E-state index contributed by atoms with van der Waals surface area (Å²) in [5.74, 6) is -0.779. The summed E-state index contributed by atoms with van der Waals surface area (Å²) >= 11 is 0. The Morgan fingerprint density at radius 1 is 1.20 bits per heavy atom. The van der Waals surface area contributed by atoms with Crippen LogP contribution in [0.25, 0.3) is 0 Å². The number of ether oxygens (including phenoxy) is 2. The second-order valence-electron chi connectivity index (χ2n) is 8.61. The zero-order valence-electron chi connectivity index (χ0n) is 18.0. The maximum atomic E-state index is 13.6. The summed E-state index contributed by atoms with van der Waals surface area (Å²) in [5.41, 5.74) is -1.32. The summed E-state index contributed by atoms with van der Waals surface area (Å²) in [5, 5.41) is 0. The highest BCUT2D eigenvalue weighted by atomic mass is 19.4. The highest BCUT2D eigenvalue weighted by molar-refractivity contribution is 5.89. The van der Waals surface area contributed by atoms with E-state index >= 15 is 0 Å². The van der Waals surface area contributed by atoms with Gasteiger partial charge in [-0.1, -0.05) is 6.07 Å². The lowest BCUT2D eigenvalue weighted by Crippen LogP contribution is -2.25. The molecule has 5 nitrogen and oxygen atoms in total. The molecular formula is C22H30F3NO4. The lowest BCUT2D eigenvalue weighted by atomic mass is 10.0. The Morgan fingerprint density at radius 2 is 1.90 bits per heavy atom. The average molecular weight is 429 g/mol. The third-order valence-electron chi connectivity index (χ3n) is 4.87. The Hall–Kier alpha value is -2.09. The fourth-order valence-electron chi connectivity index (χ4n) is 3.57. The molecule has 1 heterocycles. The van der Waals surface area contributed by atoms with Crippen LogP contribution < -0.4 is 0 Å². The van der Waals surface area contributed by atoms with E-state index in [0.717, 1.165) is 12.5 Å². The number of rotatable bonds is 7. The molecule has 0 bridgehead atoms. The Labute approximate surface area is 175 Å². The van der Waals surface area contributed by atoms with Crippen molar-refractivity contribution in [2.45, 2.75) is 65.3 Å². The molecule has 0 spiro atoms. The molecule has 0 amide bonds. The largest absolute Gasteiger partial charge is 0.462 e. The molecule has 2 rings (SSSR count). The first-order chi connectivity index (χ1) is 13.9. The van der Waals surface area contributed by atoms with E-state index in [-0.39, 0.29) is 36.2 Å². The Morgan fingerprint density at radius 3 is 2.50 bits per heavy atom. The van der Waals surface area contributed by atoms with Crippen LogP contribution in [-0.2, 0) is 27.0 Å². The number of likely N-dealkylation sites (tertiary alicyclic amines) is 1. The molecule has 1 aromatic carbocycles. The third kappa shape index (κ3) is 7.31. The van der Waals surface area contributed by atoms with Crippen LogP contribution >= 0.6 is 0 Å². The summed E-state index contributed by atoms with van der Waals surface area (Å²) in [4.78, 5) is 25.6. The summed E-state index contributed by atoms with van der Waals surface area (Å²) in [7, 11) is 0. The highest BCUT2D eigenvalue weighted by Gasteiger charge is 2.35. The summed E-state index contributed by atoms with van der Waals surface area (Å²) in [6.45, 7) is 8.56. The Balaban J connectivity index is 1.99. The van der Waals surface area contributed by atoms with E-state index in [2.05, 4.69) is 0 Å². The number of carbonyl (C=O) groups is 2. The molecule has 1 aromatic rings. The fourth-order valence-corrected chi connectivity index (χ4v) is 3.57. The van der Waals surface area contributed by atoms with Crippen molar-refractivity contribution in [3.63, 3.8) is 0 Å². The minimum absolute atomic E-state index is 0.0976. The minimum atomic E-state index is -4.56. The smallest absolute Gasteiger partial charge is 0.416 e. The van der Waals surface area contributed by atoms with Crippen LogP contribution in [0.5, 0.6) is 0 Å². The van der Waals surface area contributed by atoms with E-state index in [0.29, 0.717) is 25.9 Å². The molecule has 0 aromatic heterocycles. The highest BCUT2D eigenvalue weighted by Crippen LogP contribution is 2.34. The molecule has 1 aliphatic rings.